The van der Waals surface area contributed by atoms with Gasteiger partial charge in [-0.25, -0.2) is 4.79 Å². The van der Waals surface area contributed by atoms with E-state index in [1.807, 2.05) is 24.7 Å². The Kier molecular flexibility index (Phi) is 4.82. The van der Waals surface area contributed by atoms with E-state index in [1.165, 1.54) is 0 Å². The van der Waals surface area contributed by atoms with Crippen LogP contribution in [0.25, 0.3) is 0 Å². The van der Waals surface area contributed by atoms with Crippen LogP contribution < -0.4 is 10.6 Å². The Labute approximate surface area is 124 Å². The molecule has 0 aliphatic carbocycles. The third-order valence-corrected chi connectivity index (χ3v) is 3.79. The average Bonchev–Trinajstić information content (AvgIpc) is 2.93. The Balaban J connectivity index is 1.87. The summed E-state index contributed by atoms with van der Waals surface area (Å²) in [6.07, 6.45) is 5.25. The molecule has 2 atom stereocenters. The smallest absolute Gasteiger partial charge is 0.315 e. The molecule has 1 aromatic rings. The van der Waals surface area contributed by atoms with Crippen molar-refractivity contribution < 1.29 is 9.59 Å². The van der Waals surface area contributed by atoms with E-state index in [4.69, 9.17) is 0 Å². The van der Waals surface area contributed by atoms with Crippen LogP contribution in [0.5, 0.6) is 0 Å². The zero-order valence-corrected chi connectivity index (χ0v) is 12.8. The van der Waals surface area contributed by atoms with E-state index in [0.29, 0.717) is 6.42 Å². The normalized spacial score (nSPS) is 20.2. The minimum atomic E-state index is -0.422. The standard InChI is InChI=1S/C14H23N5O2/c1-4-19-9-11(8-15-19)10(2)16-14(21)17-12-6-5-7-18(3)13(12)20/h8-10,12H,4-7H2,1-3H3,(H2,16,17,21). The van der Waals surface area contributed by atoms with Gasteiger partial charge in [0.25, 0.3) is 0 Å². The van der Waals surface area contributed by atoms with Gasteiger partial charge in [0.05, 0.1) is 12.2 Å². The highest BCUT2D eigenvalue weighted by Crippen LogP contribution is 2.12. The van der Waals surface area contributed by atoms with E-state index in [0.717, 1.165) is 25.1 Å². The Hall–Kier alpha value is -2.05. The van der Waals surface area contributed by atoms with Crippen LogP contribution in [0.2, 0.25) is 0 Å². The van der Waals surface area contributed by atoms with Crippen molar-refractivity contribution in [2.24, 2.45) is 0 Å². The number of piperidine rings is 1. The zero-order chi connectivity index (χ0) is 15.4. The first kappa shape index (κ1) is 15.3. The van der Waals surface area contributed by atoms with E-state index < -0.39 is 6.04 Å². The highest BCUT2D eigenvalue weighted by molar-refractivity contribution is 5.87. The van der Waals surface area contributed by atoms with E-state index in [-0.39, 0.29) is 18.0 Å². The van der Waals surface area contributed by atoms with E-state index >= 15 is 0 Å². The molecule has 1 saturated heterocycles. The largest absolute Gasteiger partial charge is 0.344 e. The van der Waals surface area contributed by atoms with Crippen molar-refractivity contribution in [2.75, 3.05) is 13.6 Å². The van der Waals surface area contributed by atoms with Crippen molar-refractivity contribution in [1.29, 1.82) is 0 Å². The molecule has 2 N–H and O–H groups in total. The summed E-state index contributed by atoms with van der Waals surface area (Å²) in [6.45, 7) is 5.45. The molecule has 3 amide bonds. The predicted molar refractivity (Wildman–Crippen MR) is 78.6 cm³/mol. The molecule has 0 aromatic carbocycles. The minimum absolute atomic E-state index is 0.0251. The van der Waals surface area contributed by atoms with Gasteiger partial charge < -0.3 is 15.5 Å². The Morgan fingerprint density at radius 2 is 2.33 bits per heavy atom. The number of likely N-dealkylation sites (N-methyl/N-ethyl adjacent to an activating group) is 1. The fourth-order valence-electron chi connectivity index (χ4n) is 2.42. The molecular weight excluding hydrogens is 270 g/mol. The second-order valence-corrected chi connectivity index (χ2v) is 5.42. The summed E-state index contributed by atoms with van der Waals surface area (Å²) in [4.78, 5) is 25.6. The summed E-state index contributed by atoms with van der Waals surface area (Å²) >= 11 is 0. The van der Waals surface area contributed by atoms with Gasteiger partial charge >= 0.3 is 6.03 Å². The molecule has 0 saturated carbocycles. The highest BCUT2D eigenvalue weighted by atomic mass is 16.2. The van der Waals surface area contributed by atoms with E-state index in [2.05, 4.69) is 15.7 Å². The van der Waals surface area contributed by atoms with Crippen LogP contribution in [0.3, 0.4) is 0 Å². The van der Waals surface area contributed by atoms with Crippen LogP contribution in [-0.2, 0) is 11.3 Å². The van der Waals surface area contributed by atoms with Crippen molar-refractivity contribution in [1.82, 2.24) is 25.3 Å². The number of nitrogens with zero attached hydrogens (tertiary/aromatic N) is 3. The van der Waals surface area contributed by atoms with Gasteiger partial charge in [0.2, 0.25) is 5.91 Å². The molecule has 1 fully saturated rings. The fourth-order valence-corrected chi connectivity index (χ4v) is 2.42. The number of carbonyl (C=O) groups excluding carboxylic acids is 2. The lowest BCUT2D eigenvalue weighted by atomic mass is 10.1. The quantitative estimate of drug-likeness (QED) is 0.865. The van der Waals surface area contributed by atoms with Gasteiger partial charge in [-0.3, -0.25) is 9.48 Å². The molecule has 7 heteroatoms. The second-order valence-electron chi connectivity index (χ2n) is 5.42. The molecule has 2 unspecified atom stereocenters. The number of aryl methyl sites for hydroxylation is 1. The van der Waals surface area contributed by atoms with Crippen LogP contribution >= 0.6 is 0 Å². The van der Waals surface area contributed by atoms with Crippen molar-refractivity contribution >= 4 is 11.9 Å². The third-order valence-electron chi connectivity index (χ3n) is 3.79. The number of likely N-dealkylation sites (tertiary alicyclic amines) is 1. The molecule has 1 aromatic heterocycles. The molecule has 1 aliphatic rings. The molecule has 2 heterocycles. The van der Waals surface area contributed by atoms with Gasteiger partial charge in [0.15, 0.2) is 0 Å². The lowest BCUT2D eigenvalue weighted by Crippen LogP contribution is -2.53. The van der Waals surface area contributed by atoms with Gasteiger partial charge in [0, 0.05) is 31.9 Å². The summed E-state index contributed by atoms with van der Waals surface area (Å²) in [5.74, 6) is -0.0251. The van der Waals surface area contributed by atoms with Gasteiger partial charge in [-0.1, -0.05) is 0 Å². The zero-order valence-electron chi connectivity index (χ0n) is 12.8. The molecule has 0 radical (unpaired) electrons. The number of urea groups is 1. The van der Waals surface area contributed by atoms with Crippen LogP contribution in [0.15, 0.2) is 12.4 Å². The van der Waals surface area contributed by atoms with Gasteiger partial charge in [-0.2, -0.15) is 5.10 Å². The molecule has 7 nitrogen and oxygen atoms in total. The van der Waals surface area contributed by atoms with Crippen LogP contribution in [-0.4, -0.2) is 46.3 Å². The monoisotopic (exact) mass is 293 g/mol. The molecule has 21 heavy (non-hydrogen) atoms. The molecule has 0 spiro atoms. The van der Waals surface area contributed by atoms with E-state index in [9.17, 15) is 9.59 Å². The maximum Gasteiger partial charge on any atom is 0.315 e. The van der Waals surface area contributed by atoms with Crippen LogP contribution in [0.4, 0.5) is 4.79 Å². The second kappa shape index (κ2) is 6.60. The van der Waals surface area contributed by atoms with Crippen molar-refractivity contribution in [3.8, 4) is 0 Å². The van der Waals surface area contributed by atoms with Gasteiger partial charge in [-0.15, -0.1) is 0 Å². The van der Waals surface area contributed by atoms with Crippen molar-refractivity contribution in [3.63, 3.8) is 0 Å². The number of hydrogen-bond donors (Lipinski definition) is 2. The molecule has 2 rings (SSSR count). The number of carbonyl (C=O) groups is 2. The van der Waals surface area contributed by atoms with Gasteiger partial charge in [0.1, 0.15) is 6.04 Å². The first-order valence-corrected chi connectivity index (χ1v) is 7.35. The lowest BCUT2D eigenvalue weighted by molar-refractivity contribution is -0.134. The number of rotatable bonds is 4. The first-order chi connectivity index (χ1) is 10.0. The summed E-state index contributed by atoms with van der Waals surface area (Å²) < 4.78 is 1.81. The molecule has 1 aliphatic heterocycles. The van der Waals surface area contributed by atoms with Crippen molar-refractivity contribution in [3.05, 3.63) is 18.0 Å². The van der Waals surface area contributed by atoms with E-state index in [1.54, 1.807) is 18.1 Å². The Morgan fingerprint density at radius 3 is 3.00 bits per heavy atom. The summed E-state index contributed by atoms with van der Waals surface area (Å²) in [5, 5.41) is 9.78. The maximum absolute atomic E-state index is 12.0. The highest BCUT2D eigenvalue weighted by Gasteiger charge is 2.27. The molecule has 0 bridgehead atoms. The topological polar surface area (TPSA) is 79.3 Å². The minimum Gasteiger partial charge on any atom is -0.344 e. The summed E-state index contributed by atoms with van der Waals surface area (Å²) in [6, 6.07) is -0.892. The SMILES string of the molecule is CCn1cc(C(C)NC(=O)NC2CCCN(C)C2=O)cn1. The first-order valence-electron chi connectivity index (χ1n) is 7.35. The number of aromatic nitrogens is 2. The Morgan fingerprint density at radius 1 is 1.57 bits per heavy atom. The third kappa shape index (κ3) is 3.74. The maximum atomic E-state index is 12.0. The summed E-state index contributed by atoms with van der Waals surface area (Å²) in [7, 11) is 1.76. The van der Waals surface area contributed by atoms with Gasteiger partial charge in [-0.05, 0) is 26.7 Å². The van der Waals surface area contributed by atoms with Crippen LogP contribution in [0.1, 0.15) is 38.3 Å². The molecular formula is C14H23N5O2. The Bertz CT molecular complexity index is 513. The predicted octanol–water partition coefficient (Wildman–Crippen LogP) is 0.884. The fraction of sp³-hybridized carbons (Fsp3) is 0.643. The lowest BCUT2D eigenvalue weighted by Gasteiger charge is -2.30. The number of nitrogens with one attached hydrogen (secondary N) is 2. The average molecular weight is 293 g/mol. The number of amides is 3. The number of hydrogen-bond acceptors (Lipinski definition) is 3. The van der Waals surface area contributed by atoms with Crippen LogP contribution in [0, 0.1) is 0 Å². The van der Waals surface area contributed by atoms with Crippen molar-refractivity contribution in [2.45, 2.75) is 45.3 Å². The molecule has 116 valence electrons. The summed E-state index contributed by atoms with van der Waals surface area (Å²) in [5.41, 5.74) is 0.944.